The number of benzene rings is 2. The van der Waals surface area contributed by atoms with Crippen LogP contribution in [0.15, 0.2) is 54.7 Å². The van der Waals surface area contributed by atoms with Crippen molar-refractivity contribution in [1.82, 2.24) is 24.6 Å². The van der Waals surface area contributed by atoms with Crippen molar-refractivity contribution in [3.63, 3.8) is 0 Å². The van der Waals surface area contributed by atoms with Crippen LogP contribution in [0, 0.1) is 6.92 Å². The highest BCUT2D eigenvalue weighted by Crippen LogP contribution is 2.29. The molecule has 1 fully saturated rings. The second-order valence-corrected chi connectivity index (χ2v) is 9.42. The molecule has 2 aromatic heterocycles. The summed E-state index contributed by atoms with van der Waals surface area (Å²) in [4.78, 5) is 22.7. The Morgan fingerprint density at radius 2 is 1.71 bits per heavy atom. The van der Waals surface area contributed by atoms with E-state index in [1.165, 1.54) is 0 Å². The normalized spacial score (nSPS) is 14.6. The summed E-state index contributed by atoms with van der Waals surface area (Å²) in [6.07, 6.45) is 1.80. The van der Waals surface area contributed by atoms with Crippen molar-refractivity contribution < 1.29 is 4.79 Å². The number of aryl methyl sites for hydroxylation is 1. The molecular weight excluding hydrogens is 469 g/mol. The van der Waals surface area contributed by atoms with Gasteiger partial charge in [0.15, 0.2) is 0 Å². The molecule has 4 aromatic rings. The maximum Gasteiger partial charge on any atom is 0.254 e. The summed E-state index contributed by atoms with van der Waals surface area (Å²) >= 11 is 12.7. The second kappa shape index (κ2) is 9.37. The zero-order valence-electron chi connectivity index (χ0n) is 19.1. The largest absolute Gasteiger partial charge is 0.336 e. The number of hydrogen-bond donors (Lipinski definition) is 0. The van der Waals surface area contributed by atoms with E-state index in [0.29, 0.717) is 35.2 Å². The van der Waals surface area contributed by atoms with E-state index < -0.39 is 0 Å². The molecule has 3 heterocycles. The summed E-state index contributed by atoms with van der Waals surface area (Å²) in [6.45, 7) is 5.46. The zero-order chi connectivity index (χ0) is 23.8. The van der Waals surface area contributed by atoms with Crippen molar-refractivity contribution in [2.24, 2.45) is 7.05 Å². The number of aromatic nitrogens is 3. The van der Waals surface area contributed by atoms with E-state index in [0.717, 1.165) is 46.5 Å². The van der Waals surface area contributed by atoms with E-state index in [1.54, 1.807) is 6.20 Å². The molecule has 0 aliphatic carbocycles. The average molecular weight is 494 g/mol. The van der Waals surface area contributed by atoms with Crippen LogP contribution in [-0.4, -0.2) is 56.7 Å². The zero-order valence-corrected chi connectivity index (χ0v) is 20.6. The van der Waals surface area contributed by atoms with Crippen molar-refractivity contribution in [3.05, 3.63) is 81.6 Å². The minimum absolute atomic E-state index is 0.0248. The first-order valence-corrected chi connectivity index (χ1v) is 12.0. The Bertz CT molecular complexity index is 1350. The van der Waals surface area contributed by atoms with Crippen LogP contribution in [0.4, 0.5) is 0 Å². The summed E-state index contributed by atoms with van der Waals surface area (Å²) < 4.78 is 1.82. The number of para-hydroxylation sites is 1. The molecule has 0 atom stereocenters. The minimum atomic E-state index is 0.0248. The van der Waals surface area contributed by atoms with E-state index in [1.807, 2.05) is 72.1 Å². The van der Waals surface area contributed by atoms with Crippen LogP contribution < -0.4 is 0 Å². The monoisotopic (exact) mass is 493 g/mol. The van der Waals surface area contributed by atoms with Crippen LogP contribution in [0.1, 0.15) is 21.6 Å². The fourth-order valence-electron chi connectivity index (χ4n) is 4.43. The first-order valence-electron chi connectivity index (χ1n) is 11.3. The van der Waals surface area contributed by atoms with Gasteiger partial charge in [-0.3, -0.25) is 14.4 Å². The van der Waals surface area contributed by atoms with Crippen LogP contribution >= 0.6 is 23.2 Å². The Hall–Kier alpha value is -2.93. The molecule has 0 unspecified atom stereocenters. The van der Waals surface area contributed by atoms with Crippen molar-refractivity contribution in [2.45, 2.75) is 13.5 Å². The fraction of sp³-hybridized carbons (Fsp3) is 0.269. The van der Waals surface area contributed by atoms with Gasteiger partial charge in [0.2, 0.25) is 0 Å². The van der Waals surface area contributed by atoms with Crippen LogP contribution in [0.5, 0.6) is 0 Å². The molecule has 0 spiro atoms. The van der Waals surface area contributed by atoms with E-state index in [9.17, 15) is 4.79 Å². The van der Waals surface area contributed by atoms with Gasteiger partial charge in [-0.15, -0.1) is 0 Å². The Balaban J connectivity index is 1.39. The lowest BCUT2D eigenvalue weighted by Gasteiger charge is -2.35. The summed E-state index contributed by atoms with van der Waals surface area (Å²) in [6, 6.07) is 15.3. The first-order chi connectivity index (χ1) is 16.4. The van der Waals surface area contributed by atoms with Crippen LogP contribution in [0.25, 0.3) is 22.2 Å². The van der Waals surface area contributed by atoms with Gasteiger partial charge in [-0.25, -0.2) is 4.98 Å². The average Bonchev–Trinajstić information content (AvgIpc) is 3.19. The van der Waals surface area contributed by atoms with Gasteiger partial charge in [0.1, 0.15) is 0 Å². The van der Waals surface area contributed by atoms with Crippen LogP contribution in [0.2, 0.25) is 10.0 Å². The minimum Gasteiger partial charge on any atom is -0.336 e. The van der Waals surface area contributed by atoms with Crippen molar-refractivity contribution in [3.8, 4) is 11.3 Å². The molecular formula is C26H25Cl2N5O. The number of carbonyl (C=O) groups excluding carboxylic acids is 1. The van der Waals surface area contributed by atoms with Gasteiger partial charge in [-0.2, -0.15) is 5.10 Å². The standard InChI is InChI=1S/C26H25Cl2N5O/c1-17-20(15-29-31(17)2)25-14-19(18-6-3-4-9-24(18)30-25)26(34)33-12-10-32(11-13-33)16-21-22(27)7-5-8-23(21)28/h3-9,14-15H,10-13,16H2,1-2H3. The molecule has 0 bridgehead atoms. The second-order valence-electron chi connectivity index (χ2n) is 8.61. The highest BCUT2D eigenvalue weighted by atomic mass is 35.5. The number of hydrogen-bond acceptors (Lipinski definition) is 4. The van der Waals surface area contributed by atoms with Gasteiger partial charge < -0.3 is 4.90 Å². The summed E-state index contributed by atoms with van der Waals surface area (Å²) in [5, 5.41) is 6.56. The Labute approximate surface area is 208 Å². The first kappa shape index (κ1) is 22.8. The van der Waals surface area contributed by atoms with E-state index in [2.05, 4.69) is 10.00 Å². The summed E-state index contributed by atoms with van der Waals surface area (Å²) in [7, 11) is 1.90. The Kier molecular flexibility index (Phi) is 6.30. The maximum atomic E-state index is 13.7. The number of halogens is 2. The molecule has 0 N–H and O–H groups in total. The van der Waals surface area contributed by atoms with Gasteiger partial charge >= 0.3 is 0 Å². The number of pyridine rings is 1. The molecule has 5 rings (SSSR count). The SMILES string of the molecule is Cc1c(-c2cc(C(=O)N3CCN(Cc4c(Cl)cccc4Cl)CC3)c3ccccc3n2)cnn1C. The number of nitrogens with zero attached hydrogens (tertiary/aromatic N) is 5. The third-order valence-electron chi connectivity index (χ3n) is 6.56. The highest BCUT2D eigenvalue weighted by Gasteiger charge is 2.25. The molecule has 1 amide bonds. The molecule has 8 heteroatoms. The lowest BCUT2D eigenvalue weighted by atomic mass is 10.0. The molecule has 1 aliphatic heterocycles. The molecule has 0 radical (unpaired) electrons. The lowest BCUT2D eigenvalue weighted by molar-refractivity contribution is 0.0630. The van der Waals surface area contributed by atoms with Gasteiger partial charge in [0.25, 0.3) is 5.91 Å². The van der Waals surface area contributed by atoms with Crippen molar-refractivity contribution in [1.29, 1.82) is 0 Å². The van der Waals surface area contributed by atoms with Crippen molar-refractivity contribution >= 4 is 40.0 Å². The Morgan fingerprint density at radius 1 is 1.00 bits per heavy atom. The number of piperazine rings is 1. The lowest BCUT2D eigenvalue weighted by Crippen LogP contribution is -2.48. The molecule has 34 heavy (non-hydrogen) atoms. The topological polar surface area (TPSA) is 54.3 Å². The van der Waals surface area contributed by atoms with E-state index >= 15 is 0 Å². The third kappa shape index (κ3) is 4.29. The molecule has 1 saturated heterocycles. The number of amides is 1. The Morgan fingerprint density at radius 3 is 2.38 bits per heavy atom. The number of rotatable bonds is 4. The van der Waals surface area contributed by atoms with Crippen LogP contribution in [-0.2, 0) is 13.6 Å². The van der Waals surface area contributed by atoms with Crippen LogP contribution in [0.3, 0.4) is 0 Å². The summed E-state index contributed by atoms with van der Waals surface area (Å²) in [5.74, 6) is 0.0248. The molecule has 2 aromatic carbocycles. The van der Waals surface area contributed by atoms with Gasteiger partial charge in [-0.05, 0) is 31.2 Å². The predicted octanol–water partition coefficient (Wildman–Crippen LogP) is 5.21. The maximum absolute atomic E-state index is 13.7. The molecule has 174 valence electrons. The predicted molar refractivity (Wildman–Crippen MR) is 136 cm³/mol. The highest BCUT2D eigenvalue weighted by molar-refractivity contribution is 6.36. The third-order valence-corrected chi connectivity index (χ3v) is 7.27. The van der Waals surface area contributed by atoms with Crippen molar-refractivity contribution in [2.75, 3.05) is 26.2 Å². The number of carbonyl (C=O) groups is 1. The molecule has 0 saturated carbocycles. The molecule has 6 nitrogen and oxygen atoms in total. The molecule has 1 aliphatic rings. The van der Waals surface area contributed by atoms with Gasteiger partial charge in [-0.1, -0.05) is 47.5 Å². The van der Waals surface area contributed by atoms with Gasteiger partial charge in [0.05, 0.1) is 23.0 Å². The van der Waals surface area contributed by atoms with Gasteiger partial charge in [0, 0.05) is 72.0 Å². The smallest absolute Gasteiger partial charge is 0.254 e. The number of fused-ring (bicyclic) bond motifs is 1. The summed E-state index contributed by atoms with van der Waals surface area (Å²) in [5.41, 5.74) is 5.11. The fourth-order valence-corrected chi connectivity index (χ4v) is 4.94. The quantitative estimate of drug-likeness (QED) is 0.391. The van der Waals surface area contributed by atoms with E-state index in [-0.39, 0.29) is 5.91 Å². The van der Waals surface area contributed by atoms with E-state index in [4.69, 9.17) is 28.2 Å².